The Hall–Kier alpha value is -2.43. The smallest absolute Gasteiger partial charge is 0.0906 e. The molecule has 0 aliphatic rings. The molecule has 0 aliphatic carbocycles. The fourth-order valence-corrected chi connectivity index (χ4v) is 1.92. The molecule has 0 bridgehead atoms. The van der Waals surface area contributed by atoms with Crippen LogP contribution in [0.2, 0.25) is 0 Å². The molecule has 114 valence electrons. The summed E-state index contributed by atoms with van der Waals surface area (Å²) in [6.45, 7) is 2.27. The standard InChI is InChI=1S/C11H13N3.C7H9N/c1-2-5-11(6-3-1)9-12-10-14-8-4-7-13-14;8-6-7-4-2-1-3-5-7/h1-8,12H,9-10H2;1-5H,6,8H2. The van der Waals surface area contributed by atoms with Crippen molar-refractivity contribution in [3.8, 4) is 0 Å². The highest BCUT2D eigenvalue weighted by atomic mass is 15.3. The summed E-state index contributed by atoms with van der Waals surface area (Å²) >= 11 is 0. The number of nitrogens with zero attached hydrogens (tertiary/aromatic N) is 2. The molecule has 0 fully saturated rings. The van der Waals surface area contributed by atoms with Crippen molar-refractivity contribution in [1.29, 1.82) is 0 Å². The van der Waals surface area contributed by atoms with Crippen LogP contribution >= 0.6 is 0 Å². The highest BCUT2D eigenvalue weighted by molar-refractivity contribution is 5.14. The van der Waals surface area contributed by atoms with Crippen molar-refractivity contribution in [2.24, 2.45) is 5.73 Å². The van der Waals surface area contributed by atoms with Crippen LogP contribution in [0.15, 0.2) is 79.1 Å². The van der Waals surface area contributed by atoms with E-state index in [4.69, 9.17) is 5.73 Å². The molecule has 4 heteroatoms. The maximum Gasteiger partial charge on any atom is 0.0906 e. The lowest BCUT2D eigenvalue weighted by molar-refractivity contribution is 0.511. The zero-order valence-electron chi connectivity index (χ0n) is 12.6. The highest BCUT2D eigenvalue weighted by Gasteiger charge is 1.91. The Kier molecular flexibility index (Phi) is 6.88. The van der Waals surface area contributed by atoms with Crippen LogP contribution < -0.4 is 11.1 Å². The van der Waals surface area contributed by atoms with E-state index in [1.165, 1.54) is 11.1 Å². The third-order valence-electron chi connectivity index (χ3n) is 3.08. The SMILES string of the molecule is NCc1ccccc1.c1ccc(CNCn2cccn2)cc1. The maximum atomic E-state index is 5.35. The molecule has 0 spiro atoms. The lowest BCUT2D eigenvalue weighted by Gasteiger charge is -2.04. The van der Waals surface area contributed by atoms with Gasteiger partial charge >= 0.3 is 0 Å². The first-order valence-electron chi connectivity index (χ1n) is 7.34. The minimum atomic E-state index is 0.640. The van der Waals surface area contributed by atoms with Crippen LogP contribution in [0.25, 0.3) is 0 Å². The molecule has 0 radical (unpaired) electrons. The Labute approximate surface area is 131 Å². The highest BCUT2D eigenvalue weighted by Crippen LogP contribution is 1.97. The predicted octanol–water partition coefficient (Wildman–Crippen LogP) is 2.78. The fraction of sp³-hybridized carbons (Fsp3) is 0.167. The summed E-state index contributed by atoms with van der Waals surface area (Å²) in [5, 5.41) is 7.41. The summed E-state index contributed by atoms with van der Waals surface area (Å²) in [6.07, 6.45) is 3.72. The van der Waals surface area contributed by atoms with Crippen LogP contribution in [0.5, 0.6) is 0 Å². The Morgan fingerprint density at radius 2 is 1.50 bits per heavy atom. The second-order valence-corrected chi connectivity index (χ2v) is 4.81. The molecular weight excluding hydrogens is 272 g/mol. The molecule has 4 nitrogen and oxygen atoms in total. The van der Waals surface area contributed by atoms with Gasteiger partial charge in [-0.05, 0) is 17.2 Å². The number of nitrogens with one attached hydrogen (secondary N) is 1. The first-order chi connectivity index (χ1) is 10.9. The molecule has 0 aliphatic heterocycles. The number of hydrogen-bond donors (Lipinski definition) is 2. The minimum Gasteiger partial charge on any atom is -0.326 e. The third-order valence-corrected chi connectivity index (χ3v) is 3.08. The molecule has 22 heavy (non-hydrogen) atoms. The molecule has 3 N–H and O–H groups in total. The van der Waals surface area contributed by atoms with Gasteiger partial charge in [0.15, 0.2) is 0 Å². The first-order valence-corrected chi connectivity index (χ1v) is 7.34. The molecule has 1 aromatic heterocycles. The van der Waals surface area contributed by atoms with Gasteiger partial charge in [0.25, 0.3) is 0 Å². The largest absolute Gasteiger partial charge is 0.326 e. The Balaban J connectivity index is 0.000000188. The van der Waals surface area contributed by atoms with Gasteiger partial charge in [-0.15, -0.1) is 0 Å². The predicted molar refractivity (Wildman–Crippen MR) is 89.8 cm³/mol. The van der Waals surface area contributed by atoms with Crippen LogP contribution in [-0.4, -0.2) is 9.78 Å². The topological polar surface area (TPSA) is 55.9 Å². The molecular formula is C18H22N4. The van der Waals surface area contributed by atoms with Gasteiger partial charge in [-0.25, -0.2) is 0 Å². The quantitative estimate of drug-likeness (QED) is 0.761. The normalized spacial score (nSPS) is 9.86. The molecule has 0 saturated heterocycles. The van der Waals surface area contributed by atoms with Crippen LogP contribution in [0.1, 0.15) is 11.1 Å². The van der Waals surface area contributed by atoms with E-state index in [2.05, 4.69) is 22.5 Å². The lowest BCUT2D eigenvalue weighted by Crippen LogP contribution is -2.18. The summed E-state index contributed by atoms with van der Waals surface area (Å²) in [7, 11) is 0. The van der Waals surface area contributed by atoms with Crippen LogP contribution in [0.4, 0.5) is 0 Å². The maximum absolute atomic E-state index is 5.35. The van der Waals surface area contributed by atoms with Crippen LogP contribution in [0.3, 0.4) is 0 Å². The molecule has 0 unspecified atom stereocenters. The summed E-state index contributed by atoms with van der Waals surface area (Å²) < 4.78 is 1.86. The van der Waals surface area contributed by atoms with Crippen molar-refractivity contribution in [2.75, 3.05) is 0 Å². The minimum absolute atomic E-state index is 0.640. The van der Waals surface area contributed by atoms with E-state index < -0.39 is 0 Å². The molecule has 0 atom stereocenters. The monoisotopic (exact) mass is 294 g/mol. The van der Waals surface area contributed by atoms with Gasteiger partial charge in [0, 0.05) is 25.5 Å². The molecule has 3 aromatic rings. The summed E-state index contributed by atoms with van der Waals surface area (Å²) in [5.74, 6) is 0. The second kappa shape index (κ2) is 9.50. The van der Waals surface area contributed by atoms with Crippen molar-refractivity contribution < 1.29 is 0 Å². The van der Waals surface area contributed by atoms with E-state index >= 15 is 0 Å². The first kappa shape index (κ1) is 15.9. The average molecular weight is 294 g/mol. The molecule has 0 saturated carbocycles. The molecule has 1 heterocycles. The summed E-state index contributed by atoms with van der Waals surface area (Å²) in [4.78, 5) is 0. The van der Waals surface area contributed by atoms with Gasteiger partial charge in [0.05, 0.1) is 6.67 Å². The van der Waals surface area contributed by atoms with Crippen molar-refractivity contribution >= 4 is 0 Å². The van der Waals surface area contributed by atoms with Gasteiger partial charge in [0.1, 0.15) is 0 Å². The van der Waals surface area contributed by atoms with Crippen LogP contribution in [0, 0.1) is 0 Å². The van der Waals surface area contributed by atoms with Crippen molar-refractivity contribution in [3.63, 3.8) is 0 Å². The molecule has 2 aromatic carbocycles. The van der Waals surface area contributed by atoms with Crippen molar-refractivity contribution in [3.05, 3.63) is 90.3 Å². The number of benzene rings is 2. The van der Waals surface area contributed by atoms with Gasteiger partial charge in [-0.2, -0.15) is 5.10 Å². The summed E-state index contributed by atoms with van der Waals surface area (Å²) in [5.41, 5.74) is 7.83. The van der Waals surface area contributed by atoms with E-state index in [0.717, 1.165) is 13.2 Å². The van der Waals surface area contributed by atoms with Gasteiger partial charge in [-0.3, -0.25) is 10.00 Å². The van der Waals surface area contributed by atoms with E-state index in [1.807, 2.05) is 65.5 Å². The van der Waals surface area contributed by atoms with E-state index in [9.17, 15) is 0 Å². The van der Waals surface area contributed by atoms with Crippen molar-refractivity contribution in [1.82, 2.24) is 15.1 Å². The zero-order chi connectivity index (χ0) is 15.5. The van der Waals surface area contributed by atoms with Crippen molar-refractivity contribution in [2.45, 2.75) is 19.8 Å². The fourth-order valence-electron chi connectivity index (χ4n) is 1.92. The third kappa shape index (κ3) is 5.91. The Morgan fingerprint density at radius 1 is 0.864 bits per heavy atom. The second-order valence-electron chi connectivity index (χ2n) is 4.81. The zero-order valence-corrected chi connectivity index (χ0v) is 12.6. The Bertz CT molecular complexity index is 606. The van der Waals surface area contributed by atoms with E-state index in [0.29, 0.717) is 6.54 Å². The number of nitrogens with two attached hydrogens (primary N) is 1. The average Bonchev–Trinajstić information content (AvgIpc) is 3.11. The lowest BCUT2D eigenvalue weighted by atomic mass is 10.2. The molecule has 3 rings (SSSR count). The van der Waals surface area contributed by atoms with Gasteiger partial charge in [-0.1, -0.05) is 60.7 Å². The Morgan fingerprint density at radius 3 is 2.00 bits per heavy atom. The van der Waals surface area contributed by atoms with E-state index in [-0.39, 0.29) is 0 Å². The van der Waals surface area contributed by atoms with Crippen LogP contribution in [-0.2, 0) is 19.8 Å². The summed E-state index contributed by atoms with van der Waals surface area (Å²) in [6, 6.07) is 22.2. The number of rotatable bonds is 5. The van der Waals surface area contributed by atoms with E-state index in [1.54, 1.807) is 6.20 Å². The number of hydrogen-bond acceptors (Lipinski definition) is 3. The molecule has 0 amide bonds. The van der Waals surface area contributed by atoms with Gasteiger partial charge < -0.3 is 5.73 Å². The van der Waals surface area contributed by atoms with Gasteiger partial charge in [0.2, 0.25) is 0 Å². The number of aromatic nitrogens is 2.